The molecule has 1 nitrogen and oxygen atoms in total. The molecular weight excluding hydrogens is 156 g/mol. The molecular formula is C9H12OS. The monoisotopic (exact) mass is 168 g/mol. The van der Waals surface area contributed by atoms with Gasteiger partial charge < -0.3 is 4.74 Å². The highest BCUT2D eigenvalue weighted by atomic mass is 32.2. The van der Waals surface area contributed by atoms with Crippen LogP contribution in [0.4, 0.5) is 0 Å². The minimum atomic E-state index is 0.777. The second kappa shape index (κ2) is 3.35. The quantitative estimate of drug-likeness (QED) is 0.514. The summed E-state index contributed by atoms with van der Waals surface area (Å²) in [7, 11) is 0. The van der Waals surface area contributed by atoms with Gasteiger partial charge in [0.05, 0.1) is 0 Å². The van der Waals surface area contributed by atoms with E-state index in [2.05, 4.69) is 12.2 Å². The first-order chi connectivity index (χ1) is 5.47. The number of thioether (sulfide) groups is 1. The highest BCUT2D eigenvalue weighted by molar-refractivity contribution is 8.03. The highest BCUT2D eigenvalue weighted by Gasteiger charge is 2.14. The van der Waals surface area contributed by atoms with E-state index in [1.165, 1.54) is 29.3 Å². The molecule has 2 heterocycles. The molecule has 0 amide bonds. The van der Waals surface area contributed by atoms with E-state index in [9.17, 15) is 0 Å². The molecule has 0 saturated carbocycles. The zero-order valence-electron chi connectivity index (χ0n) is 6.51. The van der Waals surface area contributed by atoms with Gasteiger partial charge in [-0.15, -0.1) is 11.8 Å². The fourth-order valence-corrected chi connectivity index (χ4v) is 2.51. The minimum absolute atomic E-state index is 0.777. The Balaban J connectivity index is 2.11. The van der Waals surface area contributed by atoms with Gasteiger partial charge in [0.1, 0.15) is 12.4 Å². The summed E-state index contributed by atoms with van der Waals surface area (Å²) in [4.78, 5) is 1.49. The van der Waals surface area contributed by atoms with Gasteiger partial charge in [-0.3, -0.25) is 0 Å². The van der Waals surface area contributed by atoms with E-state index < -0.39 is 0 Å². The van der Waals surface area contributed by atoms with Crippen molar-refractivity contribution in [3.63, 3.8) is 0 Å². The first-order valence-corrected chi connectivity index (χ1v) is 5.08. The summed E-state index contributed by atoms with van der Waals surface area (Å²) in [5, 5.41) is 0. The Kier molecular flexibility index (Phi) is 2.22. The SMILES string of the molecule is C1=CC/C(=C2/CCCS2)OC1. The number of hydrogen-bond acceptors (Lipinski definition) is 2. The Bertz CT molecular complexity index is 198. The topological polar surface area (TPSA) is 9.23 Å². The lowest BCUT2D eigenvalue weighted by molar-refractivity contribution is 0.231. The number of rotatable bonds is 0. The molecule has 0 aromatic heterocycles. The van der Waals surface area contributed by atoms with E-state index in [0.29, 0.717) is 0 Å². The van der Waals surface area contributed by atoms with E-state index in [1.54, 1.807) is 0 Å². The standard InChI is InChI=1S/C9H12OS/c1-2-6-10-8(4-1)9-5-3-7-11-9/h1-2H,3-7H2/b9-8+. The zero-order valence-corrected chi connectivity index (χ0v) is 7.32. The first kappa shape index (κ1) is 7.29. The van der Waals surface area contributed by atoms with Crippen LogP contribution in [0.25, 0.3) is 0 Å². The van der Waals surface area contributed by atoms with Crippen molar-refractivity contribution in [3.8, 4) is 0 Å². The van der Waals surface area contributed by atoms with Crippen molar-refractivity contribution in [2.24, 2.45) is 0 Å². The van der Waals surface area contributed by atoms with Crippen molar-refractivity contribution in [2.75, 3.05) is 12.4 Å². The van der Waals surface area contributed by atoms with Crippen molar-refractivity contribution < 1.29 is 4.74 Å². The van der Waals surface area contributed by atoms with Gasteiger partial charge in [0.15, 0.2) is 0 Å². The smallest absolute Gasteiger partial charge is 0.110 e. The summed E-state index contributed by atoms with van der Waals surface area (Å²) in [5.41, 5.74) is 0. The van der Waals surface area contributed by atoms with Crippen molar-refractivity contribution >= 4 is 11.8 Å². The molecule has 0 aromatic rings. The van der Waals surface area contributed by atoms with Crippen LogP contribution in [0.15, 0.2) is 22.8 Å². The van der Waals surface area contributed by atoms with E-state index in [0.717, 1.165) is 13.0 Å². The Morgan fingerprint density at radius 1 is 1.36 bits per heavy atom. The maximum atomic E-state index is 5.53. The second-order valence-corrected chi connectivity index (χ2v) is 3.97. The molecule has 2 aliphatic heterocycles. The summed E-state index contributed by atoms with van der Waals surface area (Å²) in [6.45, 7) is 0.777. The zero-order chi connectivity index (χ0) is 7.52. The van der Waals surface area contributed by atoms with Crippen molar-refractivity contribution in [3.05, 3.63) is 22.8 Å². The average molecular weight is 168 g/mol. The van der Waals surface area contributed by atoms with Crippen molar-refractivity contribution in [1.29, 1.82) is 0 Å². The first-order valence-electron chi connectivity index (χ1n) is 4.09. The van der Waals surface area contributed by atoms with Gasteiger partial charge in [0.25, 0.3) is 0 Å². The third kappa shape index (κ3) is 1.62. The van der Waals surface area contributed by atoms with Crippen molar-refractivity contribution in [1.82, 2.24) is 0 Å². The predicted octanol–water partition coefficient (Wildman–Crippen LogP) is 2.70. The third-order valence-corrected chi connectivity index (χ3v) is 3.23. The maximum Gasteiger partial charge on any atom is 0.110 e. The molecule has 2 heteroatoms. The van der Waals surface area contributed by atoms with Crippen LogP contribution in [-0.2, 0) is 4.74 Å². The minimum Gasteiger partial charge on any atom is -0.493 e. The molecule has 0 spiro atoms. The van der Waals surface area contributed by atoms with Gasteiger partial charge in [-0.05, 0) is 18.6 Å². The molecule has 0 bridgehead atoms. The summed E-state index contributed by atoms with van der Waals surface area (Å²) < 4.78 is 5.53. The third-order valence-electron chi connectivity index (χ3n) is 1.96. The number of allylic oxidation sites excluding steroid dienone is 2. The van der Waals surface area contributed by atoms with Crippen LogP contribution in [0.2, 0.25) is 0 Å². The Morgan fingerprint density at radius 2 is 2.36 bits per heavy atom. The Morgan fingerprint density at radius 3 is 3.00 bits per heavy atom. The Hall–Kier alpha value is -0.370. The van der Waals surface area contributed by atoms with Crippen LogP contribution in [0.1, 0.15) is 19.3 Å². The molecule has 0 atom stereocenters. The van der Waals surface area contributed by atoms with Crippen LogP contribution in [0, 0.1) is 0 Å². The van der Waals surface area contributed by atoms with Crippen molar-refractivity contribution in [2.45, 2.75) is 19.3 Å². The van der Waals surface area contributed by atoms with Crippen LogP contribution < -0.4 is 0 Å². The van der Waals surface area contributed by atoms with Crippen LogP contribution in [-0.4, -0.2) is 12.4 Å². The maximum absolute atomic E-state index is 5.53. The number of ether oxygens (including phenoxy) is 1. The predicted molar refractivity (Wildman–Crippen MR) is 48.4 cm³/mol. The molecule has 0 unspecified atom stereocenters. The molecule has 2 rings (SSSR count). The summed E-state index contributed by atoms with van der Waals surface area (Å²) in [5.74, 6) is 2.52. The fraction of sp³-hybridized carbons (Fsp3) is 0.556. The lowest BCUT2D eigenvalue weighted by atomic mass is 10.2. The lowest BCUT2D eigenvalue weighted by Crippen LogP contribution is -1.98. The molecule has 0 N–H and O–H groups in total. The van der Waals surface area contributed by atoms with Gasteiger partial charge >= 0.3 is 0 Å². The molecule has 1 fully saturated rings. The molecule has 60 valence electrons. The fourth-order valence-electron chi connectivity index (χ4n) is 1.38. The molecule has 11 heavy (non-hydrogen) atoms. The van der Waals surface area contributed by atoms with E-state index in [4.69, 9.17) is 4.74 Å². The average Bonchev–Trinajstić information content (AvgIpc) is 2.58. The van der Waals surface area contributed by atoms with Gasteiger partial charge in [0.2, 0.25) is 0 Å². The summed E-state index contributed by atoms with van der Waals surface area (Å²) in [6.07, 6.45) is 7.88. The largest absolute Gasteiger partial charge is 0.493 e. The van der Waals surface area contributed by atoms with Gasteiger partial charge in [-0.25, -0.2) is 0 Å². The summed E-state index contributed by atoms with van der Waals surface area (Å²) >= 11 is 1.97. The second-order valence-electron chi connectivity index (χ2n) is 2.78. The lowest BCUT2D eigenvalue weighted by Gasteiger charge is -2.13. The Labute approximate surface area is 71.5 Å². The van der Waals surface area contributed by atoms with Crippen LogP contribution in [0.5, 0.6) is 0 Å². The van der Waals surface area contributed by atoms with Gasteiger partial charge in [-0.1, -0.05) is 12.2 Å². The molecule has 1 saturated heterocycles. The molecule has 0 aromatic carbocycles. The van der Waals surface area contributed by atoms with Gasteiger partial charge in [-0.2, -0.15) is 0 Å². The molecule has 2 aliphatic rings. The van der Waals surface area contributed by atoms with Gasteiger partial charge in [0, 0.05) is 11.3 Å². The molecule has 0 radical (unpaired) electrons. The molecule has 0 aliphatic carbocycles. The van der Waals surface area contributed by atoms with E-state index in [-0.39, 0.29) is 0 Å². The van der Waals surface area contributed by atoms with E-state index in [1.807, 2.05) is 11.8 Å². The summed E-state index contributed by atoms with van der Waals surface area (Å²) in [6, 6.07) is 0. The van der Waals surface area contributed by atoms with E-state index >= 15 is 0 Å². The highest BCUT2D eigenvalue weighted by Crippen LogP contribution is 2.35. The van der Waals surface area contributed by atoms with Crippen LogP contribution >= 0.6 is 11.8 Å². The van der Waals surface area contributed by atoms with Crippen LogP contribution in [0.3, 0.4) is 0 Å². The normalized spacial score (nSPS) is 30.5. The number of hydrogen-bond donors (Lipinski definition) is 0.